The molecule has 39 heavy (non-hydrogen) atoms. The highest BCUT2D eigenvalue weighted by atomic mass is 19.4. The minimum absolute atomic E-state index is 0.0500. The average Bonchev–Trinajstić information content (AvgIpc) is 3.39. The van der Waals surface area contributed by atoms with Crippen molar-refractivity contribution < 1.29 is 26.3 Å². The molecule has 8 heteroatoms. The molecular formula is C31H16F6N2. The van der Waals surface area contributed by atoms with Crippen molar-refractivity contribution in [3.8, 4) is 33.6 Å². The number of nitrogens with zero attached hydrogens (tertiary/aromatic N) is 2. The Morgan fingerprint density at radius 3 is 1.38 bits per heavy atom. The summed E-state index contributed by atoms with van der Waals surface area (Å²) in [5.41, 5.74) is 2.94. The van der Waals surface area contributed by atoms with Crippen molar-refractivity contribution in [2.24, 2.45) is 0 Å². The fraction of sp³-hybridized carbons (Fsp3) is 0.0968. The quantitative estimate of drug-likeness (QED) is 0.199. The van der Waals surface area contributed by atoms with Crippen molar-refractivity contribution in [1.82, 2.24) is 9.97 Å². The van der Waals surface area contributed by atoms with Crippen molar-refractivity contribution >= 4 is 0 Å². The molecule has 5 aromatic rings. The van der Waals surface area contributed by atoms with Crippen LogP contribution in [0, 0.1) is 0 Å². The van der Waals surface area contributed by atoms with Crippen LogP contribution in [0.5, 0.6) is 0 Å². The van der Waals surface area contributed by atoms with Crippen molar-refractivity contribution in [2.45, 2.75) is 17.8 Å². The van der Waals surface area contributed by atoms with Crippen molar-refractivity contribution in [1.29, 1.82) is 0 Å². The smallest absolute Gasteiger partial charge is 0.224 e. The summed E-state index contributed by atoms with van der Waals surface area (Å²) in [6.07, 6.45) is -10.2. The van der Waals surface area contributed by atoms with Crippen LogP contribution >= 0.6 is 0 Å². The Morgan fingerprint density at radius 2 is 0.872 bits per heavy atom. The van der Waals surface area contributed by atoms with Crippen LogP contribution in [0.3, 0.4) is 0 Å². The first kappa shape index (κ1) is 23.6. The predicted molar refractivity (Wildman–Crippen MR) is 134 cm³/mol. The molecule has 2 aliphatic carbocycles. The first-order valence-corrected chi connectivity index (χ1v) is 12.1. The maximum absolute atomic E-state index is 13.7. The van der Waals surface area contributed by atoms with Gasteiger partial charge in [0.2, 0.25) is 0 Å². The molecule has 1 heterocycles. The molecule has 0 unspecified atom stereocenters. The van der Waals surface area contributed by atoms with E-state index >= 15 is 0 Å². The molecule has 7 rings (SSSR count). The van der Waals surface area contributed by atoms with E-state index in [1.165, 1.54) is 6.07 Å². The van der Waals surface area contributed by atoms with E-state index in [0.29, 0.717) is 11.1 Å². The summed E-state index contributed by atoms with van der Waals surface area (Å²) in [4.78, 5) is 7.21. The third kappa shape index (κ3) is 3.17. The number of hydrogen-bond acceptors (Lipinski definition) is 2. The zero-order chi connectivity index (χ0) is 27.2. The molecule has 0 fully saturated rings. The lowest BCUT2D eigenvalue weighted by Crippen LogP contribution is -2.25. The Labute approximate surface area is 218 Å². The van der Waals surface area contributed by atoms with Crippen LogP contribution in [0.1, 0.15) is 33.6 Å². The van der Waals surface area contributed by atoms with Gasteiger partial charge in [-0.2, -0.15) is 26.3 Å². The van der Waals surface area contributed by atoms with Gasteiger partial charge < -0.3 is 0 Å². The van der Waals surface area contributed by atoms with Crippen LogP contribution in [-0.4, -0.2) is 9.97 Å². The summed E-state index contributed by atoms with van der Waals surface area (Å²) in [6, 6.07) is 28.3. The summed E-state index contributed by atoms with van der Waals surface area (Å²) in [5.74, 6) is -0.625. The van der Waals surface area contributed by atoms with Crippen LogP contribution in [0.2, 0.25) is 0 Å². The number of alkyl halides is 6. The minimum Gasteiger partial charge on any atom is -0.224 e. The maximum atomic E-state index is 13.7. The van der Waals surface area contributed by atoms with E-state index in [0.717, 1.165) is 33.4 Å². The lowest BCUT2D eigenvalue weighted by molar-refractivity contribution is -0.147. The molecule has 1 aromatic heterocycles. The van der Waals surface area contributed by atoms with Gasteiger partial charge in [0.25, 0.3) is 0 Å². The molecule has 192 valence electrons. The highest BCUT2D eigenvalue weighted by Crippen LogP contribution is 2.63. The molecule has 0 N–H and O–H groups in total. The molecule has 0 saturated carbocycles. The first-order chi connectivity index (χ1) is 18.6. The van der Waals surface area contributed by atoms with Gasteiger partial charge in [0.15, 0.2) is 5.82 Å². The van der Waals surface area contributed by atoms with E-state index in [1.54, 1.807) is 12.1 Å². The van der Waals surface area contributed by atoms with E-state index < -0.39 is 35.0 Å². The highest BCUT2D eigenvalue weighted by molar-refractivity contribution is 5.99. The van der Waals surface area contributed by atoms with E-state index in [9.17, 15) is 26.3 Å². The van der Waals surface area contributed by atoms with E-state index in [2.05, 4.69) is 9.97 Å². The Kier molecular flexibility index (Phi) is 4.72. The third-order valence-corrected chi connectivity index (χ3v) is 7.57. The SMILES string of the molecule is FC(F)(F)c1cc(C(F)(F)F)nc(-c2cccc3c2-c2ccccc2C32c3ccccc3-c3ccccc32)n1. The van der Waals surface area contributed by atoms with Gasteiger partial charge in [0, 0.05) is 5.56 Å². The second kappa shape index (κ2) is 7.79. The molecule has 2 aliphatic rings. The molecule has 1 spiro atoms. The third-order valence-electron chi connectivity index (χ3n) is 7.57. The van der Waals surface area contributed by atoms with Gasteiger partial charge in [-0.1, -0.05) is 91.0 Å². The van der Waals surface area contributed by atoms with Crippen molar-refractivity contribution in [3.05, 3.63) is 131 Å². The number of fused-ring (bicyclic) bond motifs is 10. The molecule has 0 amide bonds. The fourth-order valence-electron chi connectivity index (χ4n) is 6.19. The van der Waals surface area contributed by atoms with Gasteiger partial charge in [-0.3, -0.25) is 0 Å². The Hall–Kier alpha value is -4.46. The predicted octanol–water partition coefficient (Wildman–Crippen LogP) is 8.52. The summed E-state index contributed by atoms with van der Waals surface area (Å²) >= 11 is 0. The number of rotatable bonds is 1. The molecule has 4 aromatic carbocycles. The molecule has 0 atom stereocenters. The summed E-state index contributed by atoms with van der Waals surface area (Å²) in [7, 11) is 0. The van der Waals surface area contributed by atoms with Crippen molar-refractivity contribution in [3.63, 3.8) is 0 Å². The summed E-state index contributed by atoms with van der Waals surface area (Å²) in [6.45, 7) is 0. The largest absolute Gasteiger partial charge is 0.433 e. The molecular weight excluding hydrogens is 514 g/mol. The second-order valence-electron chi connectivity index (χ2n) is 9.57. The van der Waals surface area contributed by atoms with E-state index in [-0.39, 0.29) is 11.6 Å². The minimum atomic E-state index is -5.09. The number of aromatic nitrogens is 2. The second-order valence-corrected chi connectivity index (χ2v) is 9.57. The standard InChI is InChI=1S/C31H16F6N2/c32-30(33,34)25-16-26(31(35,36)37)39-28(38-25)20-11-7-15-24-27(20)19-10-3-6-14-23(19)29(24)21-12-4-1-8-17(21)18-9-2-5-13-22(18)29/h1-16H. The van der Waals surface area contributed by atoms with Gasteiger partial charge in [0.05, 0.1) is 5.41 Å². The summed E-state index contributed by atoms with van der Waals surface area (Å²) in [5, 5.41) is 0. The monoisotopic (exact) mass is 530 g/mol. The van der Waals surface area contributed by atoms with Crippen LogP contribution in [0.25, 0.3) is 33.6 Å². The lowest BCUT2D eigenvalue weighted by atomic mass is 9.70. The van der Waals surface area contributed by atoms with E-state index in [4.69, 9.17) is 0 Å². The number of hydrogen-bond donors (Lipinski definition) is 0. The average molecular weight is 530 g/mol. The van der Waals surface area contributed by atoms with Crippen LogP contribution in [0.4, 0.5) is 26.3 Å². The molecule has 0 radical (unpaired) electrons. The molecule has 0 saturated heterocycles. The Bertz CT molecular complexity index is 1720. The van der Waals surface area contributed by atoms with Gasteiger partial charge in [-0.25, -0.2) is 9.97 Å². The van der Waals surface area contributed by atoms with Crippen LogP contribution < -0.4 is 0 Å². The molecule has 0 aliphatic heterocycles. The summed E-state index contributed by atoms with van der Waals surface area (Å²) < 4.78 is 82.1. The normalized spacial score (nSPS) is 14.6. The van der Waals surface area contributed by atoms with Gasteiger partial charge in [-0.15, -0.1) is 0 Å². The topological polar surface area (TPSA) is 25.8 Å². The number of benzene rings is 4. The molecule has 2 nitrogen and oxygen atoms in total. The van der Waals surface area contributed by atoms with Crippen LogP contribution in [-0.2, 0) is 17.8 Å². The van der Waals surface area contributed by atoms with Crippen LogP contribution in [0.15, 0.2) is 97.1 Å². The lowest BCUT2D eigenvalue weighted by Gasteiger charge is -2.30. The van der Waals surface area contributed by atoms with Gasteiger partial charge in [-0.05, 0) is 50.6 Å². The zero-order valence-corrected chi connectivity index (χ0v) is 19.9. The maximum Gasteiger partial charge on any atom is 0.433 e. The first-order valence-electron chi connectivity index (χ1n) is 12.1. The molecule has 0 bridgehead atoms. The highest BCUT2D eigenvalue weighted by Gasteiger charge is 2.52. The Balaban J connectivity index is 1.60. The Morgan fingerprint density at radius 1 is 0.462 bits per heavy atom. The zero-order valence-electron chi connectivity index (χ0n) is 19.9. The fourth-order valence-corrected chi connectivity index (χ4v) is 6.19. The van der Waals surface area contributed by atoms with Crippen molar-refractivity contribution in [2.75, 3.05) is 0 Å². The van der Waals surface area contributed by atoms with E-state index in [1.807, 2.05) is 72.8 Å². The van der Waals surface area contributed by atoms with Gasteiger partial charge >= 0.3 is 12.4 Å². The van der Waals surface area contributed by atoms with Gasteiger partial charge in [0.1, 0.15) is 11.4 Å². The number of halogens is 6.